The van der Waals surface area contributed by atoms with Crippen molar-refractivity contribution in [1.29, 1.82) is 5.41 Å². The maximum Gasteiger partial charge on any atom is 0.122 e. The molecule has 0 unspecified atom stereocenters. The number of hydrogen-bond donors (Lipinski definition) is 2. The highest BCUT2D eigenvalue weighted by Crippen LogP contribution is 2.49. The lowest BCUT2D eigenvalue weighted by Gasteiger charge is -2.39. The minimum absolute atomic E-state index is 0.114. The van der Waals surface area contributed by atoms with E-state index in [0.29, 0.717) is 6.04 Å². The first-order chi connectivity index (χ1) is 12.0. The SMILES string of the molecule is CCN(CC)C[C@@H](C)N1c2ccccc2Sc2ccc(C(=N)N)cc21. The molecule has 3 rings (SSSR count). The summed E-state index contributed by atoms with van der Waals surface area (Å²) in [6.07, 6.45) is 0. The molecule has 1 aliphatic heterocycles. The van der Waals surface area contributed by atoms with Gasteiger partial charge in [0.25, 0.3) is 0 Å². The van der Waals surface area contributed by atoms with Crippen LogP contribution in [-0.2, 0) is 0 Å². The van der Waals surface area contributed by atoms with Gasteiger partial charge in [-0.2, -0.15) is 0 Å². The molecule has 2 aromatic rings. The van der Waals surface area contributed by atoms with Crippen LogP contribution in [0, 0.1) is 5.41 Å². The van der Waals surface area contributed by atoms with Crippen molar-refractivity contribution in [2.45, 2.75) is 36.6 Å². The van der Waals surface area contributed by atoms with E-state index in [9.17, 15) is 0 Å². The number of nitrogens with zero attached hydrogens (tertiary/aromatic N) is 2. The van der Waals surface area contributed by atoms with Gasteiger partial charge in [0.15, 0.2) is 0 Å². The Bertz CT molecular complexity index is 770. The largest absolute Gasteiger partial charge is 0.384 e. The fourth-order valence-corrected chi connectivity index (χ4v) is 4.41. The van der Waals surface area contributed by atoms with Crippen molar-refractivity contribution < 1.29 is 0 Å². The fourth-order valence-electron chi connectivity index (χ4n) is 3.36. The van der Waals surface area contributed by atoms with Gasteiger partial charge in [-0.15, -0.1) is 0 Å². The molecule has 0 amide bonds. The molecule has 25 heavy (non-hydrogen) atoms. The quantitative estimate of drug-likeness (QED) is 0.600. The molecular weight excluding hydrogens is 328 g/mol. The van der Waals surface area contributed by atoms with Crippen molar-refractivity contribution in [2.24, 2.45) is 5.73 Å². The van der Waals surface area contributed by atoms with E-state index in [1.54, 1.807) is 11.8 Å². The summed E-state index contributed by atoms with van der Waals surface area (Å²) in [5.74, 6) is 0.114. The molecule has 0 saturated heterocycles. The van der Waals surface area contributed by atoms with Crippen LogP contribution in [0.15, 0.2) is 52.3 Å². The maximum absolute atomic E-state index is 7.79. The third kappa shape index (κ3) is 3.53. The lowest BCUT2D eigenvalue weighted by Crippen LogP contribution is -2.41. The normalized spacial score (nSPS) is 14.2. The van der Waals surface area contributed by atoms with Gasteiger partial charge < -0.3 is 15.5 Å². The number of nitrogens with two attached hydrogens (primary N) is 1. The Morgan fingerprint density at radius 3 is 2.48 bits per heavy atom. The Hall–Kier alpha value is -1.98. The summed E-state index contributed by atoms with van der Waals surface area (Å²) in [5.41, 5.74) is 8.90. The first-order valence-corrected chi connectivity index (χ1v) is 9.63. The van der Waals surface area contributed by atoms with Gasteiger partial charge in [-0.3, -0.25) is 5.41 Å². The molecule has 1 heterocycles. The predicted molar refractivity (Wildman–Crippen MR) is 107 cm³/mol. The zero-order valence-corrected chi connectivity index (χ0v) is 15.9. The van der Waals surface area contributed by atoms with E-state index >= 15 is 0 Å². The van der Waals surface area contributed by atoms with E-state index in [1.165, 1.54) is 15.5 Å². The molecule has 4 nitrogen and oxygen atoms in total. The number of anilines is 2. The fraction of sp³-hybridized carbons (Fsp3) is 0.350. The number of rotatable bonds is 6. The van der Waals surface area contributed by atoms with Crippen LogP contribution in [0.25, 0.3) is 0 Å². The standard InChI is InChI=1S/C20H26N4S/c1-4-23(5-2)13-14(3)24-16-8-6-7-9-18(16)25-19-11-10-15(20(21)22)12-17(19)24/h6-12,14H,4-5,13H2,1-3H3,(H3,21,22)/t14-/m1/s1. The summed E-state index contributed by atoms with van der Waals surface area (Å²) in [5, 5.41) is 7.79. The smallest absolute Gasteiger partial charge is 0.122 e. The molecule has 132 valence electrons. The van der Waals surface area contributed by atoms with E-state index in [2.05, 4.69) is 67.0 Å². The summed E-state index contributed by atoms with van der Waals surface area (Å²) < 4.78 is 0. The number of nitrogen functional groups attached to an aromatic ring is 1. The number of amidine groups is 1. The summed E-state index contributed by atoms with van der Waals surface area (Å²) >= 11 is 1.79. The number of nitrogens with one attached hydrogen (secondary N) is 1. The number of hydrogen-bond acceptors (Lipinski definition) is 4. The molecule has 1 aliphatic rings. The Labute approximate surface area is 154 Å². The van der Waals surface area contributed by atoms with Gasteiger partial charge in [-0.1, -0.05) is 43.8 Å². The summed E-state index contributed by atoms with van der Waals surface area (Å²) in [6.45, 7) is 9.78. The zero-order chi connectivity index (χ0) is 18.0. The van der Waals surface area contributed by atoms with E-state index < -0.39 is 0 Å². The minimum Gasteiger partial charge on any atom is -0.384 e. The molecule has 1 atom stereocenters. The zero-order valence-electron chi connectivity index (χ0n) is 15.1. The molecule has 5 heteroatoms. The molecule has 0 fully saturated rings. The van der Waals surface area contributed by atoms with E-state index in [1.807, 2.05) is 6.07 Å². The van der Waals surface area contributed by atoms with Gasteiger partial charge in [-0.05, 0) is 44.3 Å². The monoisotopic (exact) mass is 354 g/mol. The second kappa shape index (κ2) is 7.50. The lowest BCUT2D eigenvalue weighted by atomic mass is 10.1. The van der Waals surface area contributed by atoms with Crippen molar-refractivity contribution in [3.63, 3.8) is 0 Å². The van der Waals surface area contributed by atoms with Crippen molar-refractivity contribution in [3.8, 4) is 0 Å². The highest BCUT2D eigenvalue weighted by atomic mass is 32.2. The molecule has 0 bridgehead atoms. The highest BCUT2D eigenvalue weighted by molar-refractivity contribution is 7.99. The maximum atomic E-state index is 7.79. The molecular formula is C20H26N4S. The van der Waals surface area contributed by atoms with Gasteiger partial charge in [0, 0.05) is 27.9 Å². The average molecular weight is 355 g/mol. The molecule has 0 aromatic heterocycles. The number of benzene rings is 2. The third-order valence-corrected chi connectivity index (χ3v) is 5.86. The van der Waals surface area contributed by atoms with E-state index in [4.69, 9.17) is 11.1 Å². The Morgan fingerprint density at radius 2 is 1.80 bits per heavy atom. The summed E-state index contributed by atoms with van der Waals surface area (Å²) in [6, 6.07) is 15.0. The van der Waals surface area contributed by atoms with Crippen molar-refractivity contribution in [1.82, 2.24) is 4.90 Å². The van der Waals surface area contributed by atoms with Crippen LogP contribution in [0.4, 0.5) is 11.4 Å². The Kier molecular flexibility index (Phi) is 5.35. The summed E-state index contributed by atoms with van der Waals surface area (Å²) in [7, 11) is 0. The van der Waals surface area contributed by atoms with Gasteiger partial charge in [0.2, 0.25) is 0 Å². The molecule has 3 N–H and O–H groups in total. The minimum atomic E-state index is 0.114. The van der Waals surface area contributed by atoms with Crippen LogP contribution in [0.1, 0.15) is 26.3 Å². The number of likely N-dealkylation sites (N-methyl/N-ethyl adjacent to an activating group) is 1. The predicted octanol–water partition coefficient (Wildman–Crippen LogP) is 4.30. The average Bonchev–Trinajstić information content (AvgIpc) is 2.63. The van der Waals surface area contributed by atoms with Gasteiger partial charge in [-0.25, -0.2) is 0 Å². The van der Waals surface area contributed by atoms with Gasteiger partial charge >= 0.3 is 0 Å². The number of fused-ring (bicyclic) bond motifs is 2. The Balaban J connectivity index is 2.06. The second-order valence-corrected chi connectivity index (χ2v) is 7.45. The van der Waals surface area contributed by atoms with Crippen LogP contribution in [0.5, 0.6) is 0 Å². The molecule has 0 saturated carbocycles. The molecule has 0 radical (unpaired) electrons. The summed E-state index contributed by atoms with van der Waals surface area (Å²) in [4.78, 5) is 7.35. The number of para-hydroxylation sites is 1. The van der Waals surface area contributed by atoms with Crippen LogP contribution >= 0.6 is 11.8 Å². The lowest BCUT2D eigenvalue weighted by molar-refractivity contribution is 0.288. The molecule has 2 aromatic carbocycles. The highest BCUT2D eigenvalue weighted by Gasteiger charge is 2.28. The molecule has 0 aliphatic carbocycles. The van der Waals surface area contributed by atoms with E-state index in [-0.39, 0.29) is 5.84 Å². The second-order valence-electron chi connectivity index (χ2n) is 6.37. The van der Waals surface area contributed by atoms with Gasteiger partial charge in [0.05, 0.1) is 11.4 Å². The van der Waals surface area contributed by atoms with Gasteiger partial charge in [0.1, 0.15) is 5.84 Å². The first-order valence-electron chi connectivity index (χ1n) is 8.82. The van der Waals surface area contributed by atoms with Crippen molar-refractivity contribution >= 4 is 29.0 Å². The van der Waals surface area contributed by atoms with Crippen LogP contribution in [0.3, 0.4) is 0 Å². The Morgan fingerprint density at radius 1 is 1.12 bits per heavy atom. The third-order valence-electron chi connectivity index (χ3n) is 4.73. The molecule has 0 spiro atoms. The van der Waals surface area contributed by atoms with E-state index in [0.717, 1.165) is 30.9 Å². The first kappa shape index (κ1) is 17.8. The van der Waals surface area contributed by atoms with Crippen LogP contribution < -0.4 is 10.6 Å². The van der Waals surface area contributed by atoms with Crippen molar-refractivity contribution in [2.75, 3.05) is 24.5 Å². The van der Waals surface area contributed by atoms with Crippen LogP contribution in [-0.4, -0.2) is 36.4 Å². The topological polar surface area (TPSA) is 56.4 Å². The van der Waals surface area contributed by atoms with Crippen molar-refractivity contribution in [3.05, 3.63) is 48.0 Å². The van der Waals surface area contributed by atoms with Crippen LogP contribution in [0.2, 0.25) is 0 Å².